The Morgan fingerprint density at radius 2 is 1.76 bits per heavy atom. The Bertz CT molecular complexity index is 1960. The minimum Gasteiger partial charge on any atom is -0.507 e. The van der Waals surface area contributed by atoms with E-state index in [4.69, 9.17) is 15.6 Å². The average molecular weight is 661 g/mol. The Labute approximate surface area is 284 Å². The van der Waals surface area contributed by atoms with Crippen LogP contribution in [0.2, 0.25) is 0 Å². The van der Waals surface area contributed by atoms with E-state index in [-0.39, 0.29) is 40.6 Å². The van der Waals surface area contributed by atoms with Crippen LogP contribution >= 0.6 is 0 Å². The summed E-state index contributed by atoms with van der Waals surface area (Å²) in [4.78, 5) is 29.6. The third-order valence-electron chi connectivity index (χ3n) is 12.2. The summed E-state index contributed by atoms with van der Waals surface area (Å²) < 4.78 is 8.50. The van der Waals surface area contributed by atoms with E-state index < -0.39 is 0 Å². The van der Waals surface area contributed by atoms with E-state index in [2.05, 4.69) is 54.4 Å². The molecule has 2 amide bonds. The summed E-state index contributed by atoms with van der Waals surface area (Å²) in [5, 5.41) is 26.1. The van der Waals surface area contributed by atoms with Gasteiger partial charge in [-0.1, -0.05) is 24.3 Å². The number of aromatic hydroxyl groups is 1. The van der Waals surface area contributed by atoms with Crippen LogP contribution in [0.3, 0.4) is 0 Å². The van der Waals surface area contributed by atoms with Crippen molar-refractivity contribution in [3.8, 4) is 33.9 Å². The van der Waals surface area contributed by atoms with Crippen molar-refractivity contribution < 1.29 is 19.4 Å². The number of phenolic OH excluding ortho intramolecular Hbond substituents is 1. The fourth-order valence-corrected chi connectivity index (χ4v) is 9.46. The number of ether oxygens (including phenoxy) is 1. The van der Waals surface area contributed by atoms with Crippen LogP contribution in [0.15, 0.2) is 60.9 Å². The van der Waals surface area contributed by atoms with Gasteiger partial charge in [0.15, 0.2) is 5.82 Å². The molecule has 1 atom stereocenters. The number of nitrogens with two attached hydrogens (primary N) is 1. The molecule has 49 heavy (non-hydrogen) atoms. The number of nitrogens with one attached hydrogen (secondary N) is 1. The number of anilines is 2. The Hall–Kier alpha value is -4.97. The second-order valence-electron chi connectivity index (χ2n) is 14.2. The number of likely N-dealkylation sites (tertiary alicyclic amines) is 1. The number of para-hydroxylation sites is 2. The van der Waals surface area contributed by atoms with Crippen molar-refractivity contribution in [2.45, 2.75) is 74.4 Å². The molecule has 5 heterocycles. The first-order chi connectivity index (χ1) is 23.9. The zero-order valence-electron chi connectivity index (χ0n) is 27.3. The number of fused-ring (bicyclic) bond motifs is 2. The maximum Gasteiger partial charge on any atom is 0.249 e. The van der Waals surface area contributed by atoms with Crippen LogP contribution in [0.4, 0.5) is 11.5 Å². The molecule has 0 spiro atoms. The monoisotopic (exact) mass is 660 g/mol. The van der Waals surface area contributed by atoms with Gasteiger partial charge in [0.1, 0.15) is 24.1 Å². The Morgan fingerprint density at radius 3 is 2.51 bits per heavy atom. The van der Waals surface area contributed by atoms with Crippen molar-refractivity contribution in [1.29, 1.82) is 0 Å². The van der Waals surface area contributed by atoms with E-state index in [9.17, 15) is 14.7 Å². The minimum absolute atomic E-state index is 0.0502. The predicted molar refractivity (Wildman–Crippen MR) is 183 cm³/mol. The zero-order chi connectivity index (χ0) is 33.3. The quantitative estimate of drug-likeness (QED) is 0.257. The van der Waals surface area contributed by atoms with E-state index in [1.54, 1.807) is 12.1 Å². The molecule has 2 saturated carbocycles. The van der Waals surface area contributed by atoms with E-state index in [0.717, 1.165) is 61.3 Å². The highest BCUT2D eigenvalue weighted by Crippen LogP contribution is 2.69. The third-order valence-corrected chi connectivity index (χ3v) is 12.2. The Balaban J connectivity index is 0.923. The lowest BCUT2D eigenvalue weighted by atomic mass is 9.39. The second kappa shape index (κ2) is 11.3. The molecule has 0 unspecified atom stereocenters. The van der Waals surface area contributed by atoms with Crippen LogP contribution in [-0.4, -0.2) is 79.6 Å². The largest absolute Gasteiger partial charge is 0.507 e. The van der Waals surface area contributed by atoms with Gasteiger partial charge < -0.3 is 20.5 Å². The number of nitrogen functional groups attached to an aromatic ring is 1. The Morgan fingerprint density at radius 1 is 0.939 bits per heavy atom. The first kappa shape index (κ1) is 30.1. The second-order valence-corrected chi connectivity index (χ2v) is 14.2. The molecule has 12 nitrogen and oxygen atoms in total. The first-order valence-electron chi connectivity index (χ1n) is 17.4. The topological polar surface area (TPSA) is 152 Å². The summed E-state index contributed by atoms with van der Waals surface area (Å²) in [6.45, 7) is 3.15. The molecule has 2 aliphatic carbocycles. The van der Waals surface area contributed by atoms with Gasteiger partial charge in [0, 0.05) is 58.9 Å². The van der Waals surface area contributed by atoms with Crippen LogP contribution in [-0.2, 0) is 15.0 Å². The number of rotatable bonds is 6. The molecule has 3 aliphatic heterocycles. The van der Waals surface area contributed by atoms with Gasteiger partial charge in [0.05, 0.1) is 30.2 Å². The number of hydrogen-bond acceptors (Lipinski definition) is 10. The molecule has 4 fully saturated rings. The molecule has 12 heteroatoms. The molecular formula is C37H40N8O4. The molecule has 2 aromatic carbocycles. The molecule has 2 saturated heterocycles. The molecule has 2 aromatic heterocycles. The normalized spacial score (nSPS) is 26.9. The number of aromatic nitrogens is 4. The summed E-state index contributed by atoms with van der Waals surface area (Å²) in [7, 11) is 0. The maximum absolute atomic E-state index is 12.8. The number of carbonyl (C=O) groups excluding carboxylic acids is 2. The Kier molecular flexibility index (Phi) is 6.94. The number of benzene rings is 2. The summed E-state index contributed by atoms with van der Waals surface area (Å²) in [6.07, 6.45) is 11.4. The smallest absolute Gasteiger partial charge is 0.249 e. The van der Waals surface area contributed by atoms with Gasteiger partial charge in [0.2, 0.25) is 11.8 Å². The van der Waals surface area contributed by atoms with Crippen LogP contribution < -0.4 is 20.7 Å². The van der Waals surface area contributed by atoms with Crippen molar-refractivity contribution in [3.05, 3.63) is 66.5 Å². The van der Waals surface area contributed by atoms with E-state index in [0.29, 0.717) is 43.1 Å². The number of hydrogen-bond donors (Lipinski definition) is 3. The molecule has 4 N–H and O–H groups in total. The lowest BCUT2D eigenvalue weighted by Gasteiger charge is -2.73. The molecule has 0 radical (unpaired) electrons. The van der Waals surface area contributed by atoms with Crippen molar-refractivity contribution in [3.63, 3.8) is 0 Å². The summed E-state index contributed by atoms with van der Waals surface area (Å²) >= 11 is 0. The molecule has 4 aromatic rings. The number of imide groups is 1. The van der Waals surface area contributed by atoms with Gasteiger partial charge in [-0.25, -0.2) is 0 Å². The minimum atomic E-state index is -0.354. The molecule has 252 valence electrons. The third kappa shape index (κ3) is 4.56. The van der Waals surface area contributed by atoms with Gasteiger partial charge in [-0.15, -0.1) is 10.2 Å². The fourth-order valence-electron chi connectivity index (χ4n) is 9.46. The number of nitrogens with zero attached hydrogens (tertiary/aromatic N) is 6. The number of piperidine rings is 2. The highest BCUT2D eigenvalue weighted by atomic mass is 16.5. The van der Waals surface area contributed by atoms with Gasteiger partial charge in [0.25, 0.3) is 0 Å². The summed E-state index contributed by atoms with van der Waals surface area (Å²) in [5.41, 5.74) is 11.5. The van der Waals surface area contributed by atoms with E-state index in [1.165, 1.54) is 18.4 Å². The van der Waals surface area contributed by atoms with Crippen molar-refractivity contribution in [2.75, 3.05) is 36.9 Å². The number of phenols is 1. The molecule has 9 rings (SSSR count). The van der Waals surface area contributed by atoms with Gasteiger partial charge in [-0.2, -0.15) is 5.10 Å². The van der Waals surface area contributed by atoms with Crippen LogP contribution in [0.5, 0.6) is 11.5 Å². The van der Waals surface area contributed by atoms with Gasteiger partial charge in [-0.05, 0) is 69.2 Å². The van der Waals surface area contributed by atoms with Crippen molar-refractivity contribution in [1.82, 2.24) is 30.2 Å². The van der Waals surface area contributed by atoms with E-state index in [1.807, 2.05) is 24.4 Å². The van der Waals surface area contributed by atoms with Crippen molar-refractivity contribution >= 4 is 23.3 Å². The standard InChI is InChI=1S/C37H40N8O4/c38-34-26(20-28(41-42-34)25-4-1-2-7-31(25)46)23-21-39-45(22-23)24-10-16-43(17-11-24)37-14-12-36(37,13-15-37)27-5-3-6-29-33(27)49-19-18-44(29)30-8-9-32(47)40-35(30)48/h1-7,20-22,24,30,46H,8-19H2,(H2,38,42)(H,40,47,48)/t30-,36-,37-/m1/s1. The van der Waals surface area contributed by atoms with Crippen LogP contribution in [0, 0.1) is 0 Å². The maximum atomic E-state index is 12.8. The molecule has 0 bridgehead atoms. The highest BCUT2D eigenvalue weighted by molar-refractivity contribution is 6.02. The van der Waals surface area contributed by atoms with Gasteiger partial charge >= 0.3 is 0 Å². The lowest BCUT2D eigenvalue weighted by molar-refractivity contribution is -0.157. The summed E-state index contributed by atoms with van der Waals surface area (Å²) in [6, 6.07) is 15.3. The SMILES string of the molecule is Nc1nnc(-c2ccccc2O)cc1-c1cnn(C2CCN([C@]34CC[C@@]3(c3cccc5c3OCCN5[C@@H]3CCC(=O)NC3=O)CC4)CC2)c1. The zero-order valence-corrected chi connectivity index (χ0v) is 27.3. The average Bonchev–Trinajstić information content (AvgIpc) is 3.60. The van der Waals surface area contributed by atoms with Crippen LogP contribution in [0.1, 0.15) is 63.0 Å². The molecule has 5 aliphatic rings. The van der Waals surface area contributed by atoms with Gasteiger partial charge in [-0.3, -0.25) is 24.5 Å². The fraction of sp³-hybridized carbons (Fsp3) is 0.432. The van der Waals surface area contributed by atoms with Crippen molar-refractivity contribution in [2.24, 2.45) is 0 Å². The summed E-state index contributed by atoms with van der Waals surface area (Å²) in [5.74, 6) is 0.996. The van der Waals surface area contributed by atoms with E-state index >= 15 is 0 Å². The predicted octanol–water partition coefficient (Wildman–Crippen LogP) is 4.20. The highest BCUT2D eigenvalue weighted by Gasteiger charge is 2.69. The number of amides is 2. The first-order valence-corrected chi connectivity index (χ1v) is 17.4. The lowest BCUT2D eigenvalue weighted by Crippen LogP contribution is -2.76. The van der Waals surface area contributed by atoms with Crippen LogP contribution in [0.25, 0.3) is 22.4 Å². The molecular weight excluding hydrogens is 620 g/mol. The number of carbonyl (C=O) groups is 2.